The summed E-state index contributed by atoms with van der Waals surface area (Å²) in [4.78, 5) is 2.40. The maximum atomic E-state index is 2.42. The van der Waals surface area contributed by atoms with Crippen molar-refractivity contribution in [2.75, 3.05) is 4.90 Å². The van der Waals surface area contributed by atoms with Gasteiger partial charge in [0.25, 0.3) is 0 Å². The molecule has 0 aliphatic rings. The molecule has 0 amide bonds. The maximum Gasteiger partial charge on any atom is 0.0547 e. The van der Waals surface area contributed by atoms with Gasteiger partial charge in [-0.15, -0.1) is 0 Å². The van der Waals surface area contributed by atoms with E-state index >= 15 is 0 Å². The van der Waals surface area contributed by atoms with Crippen molar-refractivity contribution < 1.29 is 0 Å². The molecular weight excluding hydrogens is 821 g/mol. The van der Waals surface area contributed by atoms with Crippen molar-refractivity contribution in [1.29, 1.82) is 0 Å². The van der Waals surface area contributed by atoms with Crippen LogP contribution in [0.1, 0.15) is 0 Å². The minimum Gasteiger partial charge on any atom is -0.310 e. The van der Waals surface area contributed by atoms with Crippen LogP contribution in [-0.2, 0) is 0 Å². The second-order valence-electron chi connectivity index (χ2n) is 17.7. The quantitative estimate of drug-likeness (QED) is 0.138. The molecule has 13 rings (SSSR count). The summed E-state index contributed by atoms with van der Waals surface area (Å²) in [6.45, 7) is 0. The van der Waals surface area contributed by atoms with Gasteiger partial charge < -0.3 is 9.47 Å². The van der Waals surface area contributed by atoms with Crippen molar-refractivity contribution in [2.24, 2.45) is 0 Å². The largest absolute Gasteiger partial charge is 0.310 e. The highest BCUT2D eigenvalue weighted by atomic mass is 15.1. The Hall–Kier alpha value is -8.98. The first-order chi connectivity index (χ1) is 33.7. The molecule has 0 atom stereocenters. The number of hydrogen-bond donors (Lipinski definition) is 0. The zero-order chi connectivity index (χ0) is 45.0. The third-order valence-electron chi connectivity index (χ3n) is 13.7. The summed E-state index contributed by atoms with van der Waals surface area (Å²) in [5.74, 6) is 0. The summed E-state index contributed by atoms with van der Waals surface area (Å²) in [7, 11) is 0. The Labute approximate surface area is 395 Å². The van der Waals surface area contributed by atoms with Gasteiger partial charge in [0, 0.05) is 33.5 Å². The third kappa shape index (κ3) is 6.82. The Bertz CT molecular complexity index is 3980. The van der Waals surface area contributed by atoms with Crippen molar-refractivity contribution in [1.82, 2.24) is 4.57 Å². The van der Waals surface area contributed by atoms with Crippen LogP contribution in [0.3, 0.4) is 0 Å². The number of para-hydroxylation sites is 1. The molecule has 0 saturated heterocycles. The molecule has 1 heterocycles. The smallest absolute Gasteiger partial charge is 0.0547 e. The lowest BCUT2D eigenvalue weighted by Crippen LogP contribution is -2.10. The minimum atomic E-state index is 1.08. The highest BCUT2D eigenvalue weighted by Crippen LogP contribution is 2.44. The molecule has 1 aromatic heterocycles. The number of anilines is 3. The van der Waals surface area contributed by atoms with Crippen LogP contribution in [0.2, 0.25) is 0 Å². The zero-order valence-corrected chi connectivity index (χ0v) is 37.3. The van der Waals surface area contributed by atoms with Crippen molar-refractivity contribution in [3.8, 4) is 50.2 Å². The van der Waals surface area contributed by atoms with E-state index < -0.39 is 0 Å². The standard InChI is InChI=1S/C66H44N2/c1-3-15-45(16-4-1)46-29-31-47(32-30-46)48-33-37-55(38-34-48)67(56-39-35-49(36-40-56)62-43-53-19-9-10-24-58(53)60-25-11-12-26-61(60)62)57-23-13-20-52(41-57)59-27-14-28-64-66(59)63-42-50-17-7-8-18-51(50)44-65(63)68(64)54-21-5-2-6-22-54/h1-44H. The molecule has 68 heavy (non-hydrogen) atoms. The van der Waals surface area contributed by atoms with Crippen LogP contribution in [0.15, 0.2) is 267 Å². The summed E-state index contributed by atoms with van der Waals surface area (Å²) in [5, 5.41) is 10.00. The summed E-state index contributed by atoms with van der Waals surface area (Å²) in [6, 6.07) is 97.5. The molecule has 0 fully saturated rings. The second-order valence-corrected chi connectivity index (χ2v) is 17.7. The van der Waals surface area contributed by atoms with E-state index in [1.807, 2.05) is 0 Å². The molecule has 13 aromatic rings. The SMILES string of the molecule is c1ccc(-c2ccc(-c3ccc(N(c4ccc(-c5cc6ccccc6c6ccccc56)cc4)c4cccc(-c5cccc6c5c5cc7ccccc7cc5n6-c5ccccc5)c4)cc3)cc2)cc1. The average molecular weight is 865 g/mol. The van der Waals surface area contributed by atoms with Gasteiger partial charge in [-0.05, 0) is 150 Å². The number of nitrogens with zero attached hydrogens (tertiary/aromatic N) is 2. The number of benzene rings is 12. The number of aromatic nitrogens is 1. The van der Waals surface area contributed by atoms with E-state index in [-0.39, 0.29) is 0 Å². The lowest BCUT2D eigenvalue weighted by Gasteiger charge is -2.26. The van der Waals surface area contributed by atoms with Gasteiger partial charge in [-0.2, -0.15) is 0 Å². The highest BCUT2D eigenvalue weighted by molar-refractivity contribution is 6.19. The summed E-state index contributed by atoms with van der Waals surface area (Å²) in [5.41, 5.74) is 16.4. The normalized spacial score (nSPS) is 11.5. The maximum absolute atomic E-state index is 2.42. The molecule has 0 bridgehead atoms. The number of rotatable bonds is 8. The lowest BCUT2D eigenvalue weighted by atomic mass is 9.93. The van der Waals surface area contributed by atoms with Gasteiger partial charge in [0.1, 0.15) is 0 Å². The Morgan fingerprint density at radius 1 is 0.250 bits per heavy atom. The van der Waals surface area contributed by atoms with Gasteiger partial charge in [0.2, 0.25) is 0 Å². The first-order valence-corrected chi connectivity index (χ1v) is 23.4. The monoisotopic (exact) mass is 864 g/mol. The molecule has 0 aliphatic heterocycles. The molecule has 2 nitrogen and oxygen atoms in total. The minimum absolute atomic E-state index is 1.08. The van der Waals surface area contributed by atoms with Gasteiger partial charge in [0.05, 0.1) is 11.0 Å². The van der Waals surface area contributed by atoms with Crippen molar-refractivity contribution >= 4 is 71.2 Å². The fraction of sp³-hybridized carbons (Fsp3) is 0. The Balaban J connectivity index is 0.952. The molecular formula is C66H44N2. The van der Waals surface area contributed by atoms with Crippen LogP contribution in [-0.4, -0.2) is 4.57 Å². The Kier molecular flexibility index (Phi) is 9.54. The topological polar surface area (TPSA) is 8.17 Å². The van der Waals surface area contributed by atoms with Crippen molar-refractivity contribution in [2.45, 2.75) is 0 Å². The van der Waals surface area contributed by atoms with E-state index in [1.165, 1.54) is 93.1 Å². The van der Waals surface area contributed by atoms with E-state index in [2.05, 4.69) is 276 Å². The molecule has 0 N–H and O–H groups in total. The lowest BCUT2D eigenvalue weighted by molar-refractivity contribution is 1.18. The zero-order valence-electron chi connectivity index (χ0n) is 37.3. The Morgan fingerprint density at radius 2 is 0.765 bits per heavy atom. The third-order valence-corrected chi connectivity index (χ3v) is 13.7. The van der Waals surface area contributed by atoms with Crippen LogP contribution >= 0.6 is 0 Å². The van der Waals surface area contributed by atoms with E-state index in [4.69, 9.17) is 0 Å². The number of fused-ring (bicyclic) bond motifs is 7. The molecule has 0 spiro atoms. The van der Waals surface area contributed by atoms with Gasteiger partial charge in [0.15, 0.2) is 0 Å². The van der Waals surface area contributed by atoms with Gasteiger partial charge in [-0.3, -0.25) is 0 Å². The van der Waals surface area contributed by atoms with Crippen molar-refractivity contribution in [3.05, 3.63) is 267 Å². The number of hydrogen-bond acceptors (Lipinski definition) is 1. The van der Waals surface area contributed by atoms with E-state index in [1.54, 1.807) is 0 Å². The average Bonchev–Trinajstić information content (AvgIpc) is 3.74. The molecule has 0 unspecified atom stereocenters. The van der Waals surface area contributed by atoms with Gasteiger partial charge in [-0.25, -0.2) is 0 Å². The first kappa shape index (κ1) is 39.4. The predicted octanol–water partition coefficient (Wildman–Crippen LogP) is 18.4. The first-order valence-electron chi connectivity index (χ1n) is 23.4. The molecule has 0 aliphatic carbocycles. The second kappa shape index (κ2) is 16.5. The molecule has 2 heteroatoms. The molecule has 318 valence electrons. The molecule has 12 aromatic carbocycles. The van der Waals surface area contributed by atoms with Crippen LogP contribution in [0, 0.1) is 0 Å². The summed E-state index contributed by atoms with van der Waals surface area (Å²) < 4.78 is 2.42. The van der Waals surface area contributed by atoms with Crippen LogP contribution in [0.5, 0.6) is 0 Å². The van der Waals surface area contributed by atoms with Crippen LogP contribution in [0.25, 0.3) is 104 Å². The fourth-order valence-corrected chi connectivity index (χ4v) is 10.5. The fourth-order valence-electron chi connectivity index (χ4n) is 10.5. The van der Waals surface area contributed by atoms with Crippen LogP contribution in [0.4, 0.5) is 17.1 Å². The van der Waals surface area contributed by atoms with E-state index in [9.17, 15) is 0 Å². The van der Waals surface area contributed by atoms with E-state index in [0.29, 0.717) is 0 Å². The van der Waals surface area contributed by atoms with Gasteiger partial charge in [-0.1, -0.05) is 194 Å². The Morgan fingerprint density at radius 3 is 1.46 bits per heavy atom. The summed E-state index contributed by atoms with van der Waals surface area (Å²) in [6.07, 6.45) is 0. The highest BCUT2D eigenvalue weighted by Gasteiger charge is 2.20. The molecule has 0 radical (unpaired) electrons. The molecule has 0 saturated carbocycles. The van der Waals surface area contributed by atoms with E-state index in [0.717, 1.165) is 28.3 Å². The summed E-state index contributed by atoms with van der Waals surface area (Å²) >= 11 is 0. The van der Waals surface area contributed by atoms with Crippen molar-refractivity contribution in [3.63, 3.8) is 0 Å². The van der Waals surface area contributed by atoms with Crippen LogP contribution < -0.4 is 4.90 Å². The predicted molar refractivity (Wildman–Crippen MR) is 290 cm³/mol. The van der Waals surface area contributed by atoms with Gasteiger partial charge >= 0.3 is 0 Å².